The number of hydrogen-bond acceptors (Lipinski definition) is 3. The van der Waals surface area contributed by atoms with Crippen molar-refractivity contribution in [1.29, 1.82) is 0 Å². The van der Waals surface area contributed by atoms with E-state index in [4.69, 9.17) is 5.11 Å². The van der Waals surface area contributed by atoms with Gasteiger partial charge in [0, 0.05) is 18.7 Å². The third kappa shape index (κ3) is 4.15. The number of ketones is 1. The summed E-state index contributed by atoms with van der Waals surface area (Å²) >= 11 is 0. The van der Waals surface area contributed by atoms with Gasteiger partial charge in [-0.15, -0.1) is 0 Å². The predicted molar refractivity (Wildman–Crippen MR) is 78.7 cm³/mol. The zero-order valence-corrected chi connectivity index (χ0v) is 12.4. The number of aliphatic hydroxyl groups excluding tert-OH is 1. The van der Waals surface area contributed by atoms with Gasteiger partial charge in [0.25, 0.3) is 0 Å². The van der Waals surface area contributed by atoms with E-state index in [1.54, 1.807) is 0 Å². The summed E-state index contributed by atoms with van der Waals surface area (Å²) in [6.07, 6.45) is 0.707. The van der Waals surface area contributed by atoms with Crippen molar-refractivity contribution in [2.75, 3.05) is 19.7 Å². The van der Waals surface area contributed by atoms with Crippen LogP contribution < -0.4 is 0 Å². The summed E-state index contributed by atoms with van der Waals surface area (Å²) in [5.41, 5.74) is 3.13. The molecule has 1 unspecified atom stereocenters. The van der Waals surface area contributed by atoms with Crippen LogP contribution in [-0.2, 0) is 0 Å². The number of aliphatic hydroxyl groups is 1. The maximum absolute atomic E-state index is 12.5. The molecule has 19 heavy (non-hydrogen) atoms. The van der Waals surface area contributed by atoms with Crippen LogP contribution in [0.3, 0.4) is 0 Å². The first-order chi connectivity index (χ1) is 9.01. The molecule has 0 heterocycles. The quantitative estimate of drug-likeness (QED) is 0.769. The monoisotopic (exact) mass is 263 g/mol. The van der Waals surface area contributed by atoms with Crippen LogP contribution >= 0.6 is 0 Å². The van der Waals surface area contributed by atoms with Crippen molar-refractivity contribution in [2.45, 2.75) is 40.2 Å². The molecule has 0 fully saturated rings. The first-order valence-electron chi connectivity index (χ1n) is 6.97. The Morgan fingerprint density at radius 2 is 2.00 bits per heavy atom. The van der Waals surface area contributed by atoms with Crippen molar-refractivity contribution in [3.05, 3.63) is 34.9 Å². The van der Waals surface area contributed by atoms with Crippen molar-refractivity contribution in [3.8, 4) is 0 Å². The van der Waals surface area contributed by atoms with E-state index < -0.39 is 0 Å². The number of rotatable bonds is 7. The fourth-order valence-electron chi connectivity index (χ4n) is 2.20. The van der Waals surface area contributed by atoms with Crippen molar-refractivity contribution in [1.82, 2.24) is 4.90 Å². The van der Waals surface area contributed by atoms with Crippen LogP contribution in [0, 0.1) is 13.8 Å². The minimum atomic E-state index is -0.140. The van der Waals surface area contributed by atoms with Gasteiger partial charge in [-0.3, -0.25) is 9.69 Å². The Labute approximate surface area is 116 Å². The zero-order chi connectivity index (χ0) is 14.4. The van der Waals surface area contributed by atoms with Gasteiger partial charge in [0.2, 0.25) is 0 Å². The van der Waals surface area contributed by atoms with Gasteiger partial charge in [-0.05, 0) is 50.9 Å². The van der Waals surface area contributed by atoms with Crippen molar-refractivity contribution < 1.29 is 9.90 Å². The van der Waals surface area contributed by atoms with Gasteiger partial charge in [0.1, 0.15) is 0 Å². The highest BCUT2D eigenvalue weighted by atomic mass is 16.3. The summed E-state index contributed by atoms with van der Waals surface area (Å²) in [5, 5.41) is 8.90. The third-order valence-corrected chi connectivity index (χ3v) is 3.73. The molecule has 0 spiro atoms. The lowest BCUT2D eigenvalue weighted by Gasteiger charge is -2.26. The van der Waals surface area contributed by atoms with E-state index in [-0.39, 0.29) is 18.4 Å². The fourth-order valence-corrected chi connectivity index (χ4v) is 2.20. The molecule has 1 atom stereocenters. The molecule has 0 bridgehead atoms. The van der Waals surface area contributed by atoms with Gasteiger partial charge in [0.15, 0.2) is 5.78 Å². The van der Waals surface area contributed by atoms with Gasteiger partial charge in [-0.2, -0.15) is 0 Å². The largest absolute Gasteiger partial charge is 0.396 e. The zero-order valence-electron chi connectivity index (χ0n) is 12.4. The van der Waals surface area contributed by atoms with E-state index >= 15 is 0 Å². The number of nitrogens with zero attached hydrogens (tertiary/aromatic N) is 1. The molecule has 3 heteroatoms. The summed E-state index contributed by atoms with van der Waals surface area (Å²) < 4.78 is 0. The van der Waals surface area contributed by atoms with E-state index in [0.717, 1.165) is 24.2 Å². The summed E-state index contributed by atoms with van der Waals surface area (Å²) in [7, 11) is 0. The highest BCUT2D eigenvalue weighted by Gasteiger charge is 2.21. The molecule has 0 aromatic heterocycles. The number of aryl methyl sites for hydroxylation is 2. The molecule has 1 N–H and O–H groups in total. The van der Waals surface area contributed by atoms with E-state index in [1.807, 2.05) is 45.9 Å². The van der Waals surface area contributed by atoms with Gasteiger partial charge in [-0.25, -0.2) is 0 Å². The highest BCUT2D eigenvalue weighted by Crippen LogP contribution is 2.14. The van der Waals surface area contributed by atoms with Crippen LogP contribution in [0.25, 0.3) is 0 Å². The molecular formula is C16H25NO2. The van der Waals surface area contributed by atoms with Gasteiger partial charge < -0.3 is 5.11 Å². The van der Waals surface area contributed by atoms with Gasteiger partial charge in [0.05, 0.1) is 6.04 Å². The lowest BCUT2D eigenvalue weighted by atomic mass is 9.99. The Kier molecular flexibility index (Phi) is 6.19. The maximum atomic E-state index is 12.5. The maximum Gasteiger partial charge on any atom is 0.179 e. The highest BCUT2D eigenvalue weighted by molar-refractivity contribution is 6.00. The number of Topliss-reactive ketones (excluding diaryl/α,β-unsaturated/α-hetero) is 1. The second kappa shape index (κ2) is 7.41. The molecule has 0 radical (unpaired) electrons. The minimum Gasteiger partial charge on any atom is -0.396 e. The van der Waals surface area contributed by atoms with Crippen LogP contribution in [-0.4, -0.2) is 41.5 Å². The molecule has 0 amide bonds. The SMILES string of the molecule is CCN(CCCO)C(C)C(=O)c1ccc(C)c(C)c1. The van der Waals surface area contributed by atoms with Gasteiger partial charge >= 0.3 is 0 Å². The first kappa shape index (κ1) is 15.9. The lowest BCUT2D eigenvalue weighted by Crippen LogP contribution is -2.39. The topological polar surface area (TPSA) is 40.5 Å². The van der Waals surface area contributed by atoms with Crippen LogP contribution in [0.2, 0.25) is 0 Å². The average molecular weight is 263 g/mol. The smallest absolute Gasteiger partial charge is 0.179 e. The summed E-state index contributed by atoms with van der Waals surface area (Å²) in [6, 6.07) is 5.73. The molecule has 0 saturated heterocycles. The molecular weight excluding hydrogens is 238 g/mol. The Hall–Kier alpha value is -1.19. The van der Waals surface area contributed by atoms with Crippen LogP contribution in [0.1, 0.15) is 41.8 Å². The fraction of sp³-hybridized carbons (Fsp3) is 0.562. The predicted octanol–water partition coefficient (Wildman–Crippen LogP) is 2.58. The summed E-state index contributed by atoms with van der Waals surface area (Å²) in [4.78, 5) is 14.6. The molecule has 1 aromatic carbocycles. The van der Waals surface area contributed by atoms with Crippen LogP contribution in [0.5, 0.6) is 0 Å². The number of likely N-dealkylation sites (N-methyl/N-ethyl adjacent to an activating group) is 1. The van der Waals surface area contributed by atoms with Crippen molar-refractivity contribution in [3.63, 3.8) is 0 Å². The minimum absolute atomic E-state index is 0.140. The van der Waals surface area contributed by atoms with Crippen molar-refractivity contribution in [2.24, 2.45) is 0 Å². The first-order valence-corrected chi connectivity index (χ1v) is 6.97. The van der Waals surface area contributed by atoms with E-state index in [2.05, 4.69) is 4.90 Å². The Balaban J connectivity index is 2.82. The molecule has 3 nitrogen and oxygen atoms in total. The molecule has 0 saturated carbocycles. The molecule has 0 aliphatic carbocycles. The second-order valence-electron chi connectivity index (χ2n) is 5.05. The summed E-state index contributed by atoms with van der Waals surface area (Å²) in [6.45, 7) is 9.80. The Morgan fingerprint density at radius 1 is 1.32 bits per heavy atom. The lowest BCUT2D eigenvalue weighted by molar-refractivity contribution is 0.0834. The summed E-state index contributed by atoms with van der Waals surface area (Å²) in [5.74, 6) is 0.155. The number of benzene rings is 1. The van der Waals surface area contributed by atoms with Crippen molar-refractivity contribution >= 4 is 5.78 Å². The van der Waals surface area contributed by atoms with Gasteiger partial charge in [-0.1, -0.05) is 19.1 Å². The number of carbonyl (C=O) groups excluding carboxylic acids is 1. The number of hydrogen-bond donors (Lipinski definition) is 1. The molecule has 0 aliphatic heterocycles. The van der Waals surface area contributed by atoms with E-state index in [1.165, 1.54) is 5.56 Å². The Morgan fingerprint density at radius 3 is 2.53 bits per heavy atom. The molecule has 0 aliphatic rings. The molecule has 1 rings (SSSR count). The molecule has 1 aromatic rings. The van der Waals surface area contributed by atoms with E-state index in [0.29, 0.717) is 6.42 Å². The van der Waals surface area contributed by atoms with Crippen LogP contribution in [0.4, 0.5) is 0 Å². The Bertz CT molecular complexity index is 429. The molecule has 106 valence electrons. The number of carbonyl (C=O) groups is 1. The average Bonchev–Trinajstić information content (AvgIpc) is 2.41. The second-order valence-corrected chi connectivity index (χ2v) is 5.05. The third-order valence-electron chi connectivity index (χ3n) is 3.73. The standard InChI is InChI=1S/C16H25NO2/c1-5-17(9-6-10-18)14(4)16(19)15-8-7-12(2)13(3)11-15/h7-8,11,14,18H,5-6,9-10H2,1-4H3. The van der Waals surface area contributed by atoms with E-state index in [9.17, 15) is 4.79 Å². The normalized spacial score (nSPS) is 12.7. The van der Waals surface area contributed by atoms with Crippen LogP contribution in [0.15, 0.2) is 18.2 Å².